The lowest BCUT2D eigenvalue weighted by Crippen LogP contribution is -2.34. The monoisotopic (exact) mass is 395 g/mol. The van der Waals surface area contributed by atoms with E-state index in [4.69, 9.17) is 21.7 Å². The number of carbonyl (C=O) groups excluding carboxylic acids is 1. The predicted octanol–water partition coefficient (Wildman–Crippen LogP) is 2.87. The number of ether oxygens (including phenoxy) is 2. The van der Waals surface area contributed by atoms with Crippen molar-refractivity contribution < 1.29 is 14.3 Å². The summed E-state index contributed by atoms with van der Waals surface area (Å²) in [5.74, 6) is 2.40. The Kier molecular flexibility index (Phi) is 6.85. The third kappa shape index (κ3) is 4.94. The summed E-state index contributed by atoms with van der Waals surface area (Å²) in [5, 5.41) is 3.31. The van der Waals surface area contributed by atoms with Crippen molar-refractivity contribution >= 4 is 46.6 Å². The van der Waals surface area contributed by atoms with Gasteiger partial charge >= 0.3 is 6.09 Å². The van der Waals surface area contributed by atoms with Crippen molar-refractivity contribution in [3.63, 3.8) is 0 Å². The molecule has 8 heteroatoms. The van der Waals surface area contributed by atoms with Crippen LogP contribution in [0.5, 0.6) is 0 Å². The lowest BCUT2D eigenvalue weighted by atomic mass is 10.2. The van der Waals surface area contributed by atoms with Crippen molar-refractivity contribution in [2.45, 2.75) is 19.4 Å². The molecule has 0 aliphatic carbocycles. The van der Waals surface area contributed by atoms with E-state index in [1.54, 1.807) is 4.90 Å². The lowest BCUT2D eigenvalue weighted by molar-refractivity contribution is 0.141. The molecule has 1 atom stereocenters. The second-order valence-electron chi connectivity index (χ2n) is 6.19. The first-order valence-electron chi connectivity index (χ1n) is 8.99. The van der Waals surface area contributed by atoms with Gasteiger partial charge in [-0.3, -0.25) is 4.90 Å². The third-order valence-electron chi connectivity index (χ3n) is 4.37. The Labute approximate surface area is 164 Å². The van der Waals surface area contributed by atoms with Gasteiger partial charge < -0.3 is 19.7 Å². The van der Waals surface area contributed by atoms with Crippen molar-refractivity contribution in [1.82, 2.24) is 5.32 Å². The largest absolute Gasteiger partial charge is 0.471 e. The molecule has 2 aliphatic rings. The van der Waals surface area contributed by atoms with Crippen LogP contribution in [0.15, 0.2) is 24.3 Å². The van der Waals surface area contributed by atoms with Crippen molar-refractivity contribution in [3.05, 3.63) is 24.3 Å². The first-order chi connectivity index (χ1) is 12.7. The van der Waals surface area contributed by atoms with E-state index in [1.807, 2.05) is 30.8 Å². The van der Waals surface area contributed by atoms with Gasteiger partial charge in [-0.25, -0.2) is 4.79 Å². The van der Waals surface area contributed by atoms with E-state index in [1.165, 1.54) is 23.6 Å². The first-order valence-corrected chi connectivity index (χ1v) is 10.5. The van der Waals surface area contributed by atoms with Crippen molar-refractivity contribution in [3.8, 4) is 0 Å². The molecule has 1 aromatic rings. The average molecular weight is 396 g/mol. The minimum Gasteiger partial charge on any atom is -0.471 e. The molecule has 2 heterocycles. The number of nitrogens with zero attached hydrogens (tertiary/aromatic N) is 2. The summed E-state index contributed by atoms with van der Waals surface area (Å²) in [6.07, 6.45) is 0.643. The number of benzene rings is 1. The first kappa shape index (κ1) is 19.1. The normalized spacial score (nSPS) is 20.5. The number of hydrogen-bond donors (Lipinski definition) is 1. The number of amides is 1. The van der Waals surface area contributed by atoms with Gasteiger partial charge in [-0.2, -0.15) is 11.8 Å². The Morgan fingerprint density at radius 2 is 2.08 bits per heavy atom. The standard InChI is InChI=1S/C18H25N3O3S2/c1-2-23-17(25)19-12-16-13-21(18(22)24-16)15-6-4-14(5-7-15)20-8-3-10-26-11-9-20/h4-7,16H,2-3,8-13H2,1H3,(H,19,25)/t16-/m0/s1. The van der Waals surface area contributed by atoms with Crippen LogP contribution in [0.1, 0.15) is 13.3 Å². The molecule has 0 unspecified atom stereocenters. The summed E-state index contributed by atoms with van der Waals surface area (Å²) in [6.45, 7) is 5.50. The van der Waals surface area contributed by atoms with E-state index in [-0.39, 0.29) is 12.2 Å². The van der Waals surface area contributed by atoms with Gasteiger partial charge in [0.2, 0.25) is 0 Å². The number of hydrogen-bond acceptors (Lipinski definition) is 6. The number of cyclic esters (lactones) is 1. The number of thioether (sulfide) groups is 1. The number of rotatable bonds is 5. The highest BCUT2D eigenvalue weighted by molar-refractivity contribution is 7.99. The van der Waals surface area contributed by atoms with Gasteiger partial charge in [-0.15, -0.1) is 0 Å². The molecule has 0 spiro atoms. The quantitative estimate of drug-likeness (QED) is 0.770. The molecule has 0 aromatic heterocycles. The molecule has 0 bridgehead atoms. The molecule has 1 N–H and O–H groups in total. The molecule has 6 nitrogen and oxygen atoms in total. The smallest absolute Gasteiger partial charge is 0.414 e. The van der Waals surface area contributed by atoms with E-state index < -0.39 is 0 Å². The van der Waals surface area contributed by atoms with Crippen LogP contribution in [0.3, 0.4) is 0 Å². The summed E-state index contributed by atoms with van der Waals surface area (Å²) in [4.78, 5) is 16.3. The molecular weight excluding hydrogens is 370 g/mol. The maximum atomic E-state index is 12.2. The maximum absolute atomic E-state index is 12.2. The lowest BCUT2D eigenvalue weighted by Gasteiger charge is -2.23. The van der Waals surface area contributed by atoms with Crippen LogP contribution < -0.4 is 15.1 Å². The molecular formula is C18H25N3O3S2. The molecule has 142 valence electrons. The van der Waals surface area contributed by atoms with E-state index in [2.05, 4.69) is 22.3 Å². The molecule has 26 heavy (non-hydrogen) atoms. The topological polar surface area (TPSA) is 54.0 Å². The molecule has 1 aromatic carbocycles. The zero-order chi connectivity index (χ0) is 18.4. The second kappa shape index (κ2) is 9.32. The van der Waals surface area contributed by atoms with Gasteiger partial charge in [0.05, 0.1) is 19.7 Å². The highest BCUT2D eigenvalue weighted by Gasteiger charge is 2.32. The van der Waals surface area contributed by atoms with Crippen molar-refractivity contribution in [1.29, 1.82) is 0 Å². The van der Waals surface area contributed by atoms with Crippen molar-refractivity contribution in [2.75, 3.05) is 54.1 Å². The molecule has 2 aliphatic heterocycles. The zero-order valence-corrected chi connectivity index (χ0v) is 16.6. The van der Waals surface area contributed by atoms with Crippen molar-refractivity contribution in [2.24, 2.45) is 0 Å². The molecule has 3 rings (SSSR count). The van der Waals surface area contributed by atoms with Gasteiger partial charge in [-0.1, -0.05) is 0 Å². The zero-order valence-electron chi connectivity index (χ0n) is 15.0. The molecule has 0 saturated carbocycles. The number of carbonyl (C=O) groups is 1. The molecule has 1 amide bonds. The van der Waals surface area contributed by atoms with E-state index >= 15 is 0 Å². The molecule has 0 radical (unpaired) electrons. The Morgan fingerprint density at radius 3 is 2.85 bits per heavy atom. The molecule has 2 saturated heterocycles. The number of anilines is 2. The summed E-state index contributed by atoms with van der Waals surface area (Å²) in [5.41, 5.74) is 2.07. The van der Waals surface area contributed by atoms with Gasteiger partial charge in [0.25, 0.3) is 5.17 Å². The van der Waals surface area contributed by atoms with E-state index in [0.717, 1.165) is 18.8 Å². The van der Waals surface area contributed by atoms with Gasteiger partial charge in [-0.05, 0) is 55.6 Å². The predicted molar refractivity (Wildman–Crippen MR) is 110 cm³/mol. The van der Waals surface area contributed by atoms with Crippen LogP contribution in [-0.4, -0.2) is 61.7 Å². The van der Waals surface area contributed by atoms with Gasteiger partial charge in [0.15, 0.2) is 0 Å². The minimum absolute atomic E-state index is 0.247. The van der Waals surface area contributed by atoms with E-state index in [0.29, 0.717) is 24.9 Å². The van der Waals surface area contributed by atoms with Crippen LogP contribution in [0.25, 0.3) is 0 Å². The highest BCUT2D eigenvalue weighted by atomic mass is 32.2. The summed E-state index contributed by atoms with van der Waals surface area (Å²) in [6, 6.07) is 8.17. The Hall–Kier alpha value is -1.67. The number of thiocarbonyl (C=S) groups is 1. The van der Waals surface area contributed by atoms with Gasteiger partial charge in [0, 0.05) is 30.2 Å². The third-order valence-corrected chi connectivity index (χ3v) is 5.68. The van der Waals surface area contributed by atoms with Gasteiger partial charge in [0.1, 0.15) is 6.10 Å². The maximum Gasteiger partial charge on any atom is 0.414 e. The van der Waals surface area contributed by atoms with Crippen LogP contribution in [0.4, 0.5) is 16.2 Å². The summed E-state index contributed by atoms with van der Waals surface area (Å²) < 4.78 is 10.6. The SMILES string of the molecule is CCOC(=S)NC[C@H]1CN(c2ccc(N3CCCSCC3)cc2)C(=O)O1. The van der Waals surface area contributed by atoms with Crippen LogP contribution in [0, 0.1) is 0 Å². The Morgan fingerprint density at radius 1 is 1.31 bits per heavy atom. The summed E-state index contributed by atoms with van der Waals surface area (Å²) >= 11 is 7.05. The van der Waals surface area contributed by atoms with Crippen LogP contribution in [0.2, 0.25) is 0 Å². The second-order valence-corrected chi connectivity index (χ2v) is 7.78. The number of nitrogens with one attached hydrogen (secondary N) is 1. The van der Waals surface area contributed by atoms with Crippen LogP contribution in [-0.2, 0) is 9.47 Å². The van der Waals surface area contributed by atoms with Crippen LogP contribution >= 0.6 is 24.0 Å². The fourth-order valence-electron chi connectivity index (χ4n) is 3.07. The Bertz CT molecular complexity index is 619. The van der Waals surface area contributed by atoms with E-state index in [9.17, 15) is 4.79 Å². The fourth-order valence-corrected chi connectivity index (χ4v) is 4.15. The molecule has 2 fully saturated rings. The minimum atomic E-state index is -0.321. The fraction of sp³-hybridized carbons (Fsp3) is 0.556. The average Bonchev–Trinajstić information content (AvgIpc) is 2.85. The Balaban J connectivity index is 1.56. The highest BCUT2D eigenvalue weighted by Crippen LogP contribution is 2.26. The summed E-state index contributed by atoms with van der Waals surface area (Å²) in [7, 11) is 0.